The molecule has 0 aliphatic heterocycles. The van der Waals surface area contributed by atoms with Crippen molar-refractivity contribution in [2.75, 3.05) is 13.7 Å². The summed E-state index contributed by atoms with van der Waals surface area (Å²) in [5.74, 6) is 0.943. The van der Waals surface area contributed by atoms with Crippen LogP contribution in [0.2, 0.25) is 0 Å². The molecule has 2 atom stereocenters. The molecule has 0 saturated heterocycles. The minimum Gasteiger partial charge on any atom is -0.497 e. The van der Waals surface area contributed by atoms with E-state index in [9.17, 15) is 4.79 Å². The van der Waals surface area contributed by atoms with Crippen molar-refractivity contribution >= 4 is 5.91 Å². The molecule has 1 aromatic carbocycles. The molecule has 1 saturated carbocycles. The van der Waals surface area contributed by atoms with E-state index in [0.29, 0.717) is 6.54 Å². The van der Waals surface area contributed by atoms with E-state index < -0.39 is 0 Å². The van der Waals surface area contributed by atoms with Gasteiger partial charge in [-0.15, -0.1) is 0 Å². The van der Waals surface area contributed by atoms with Crippen LogP contribution in [0.25, 0.3) is 0 Å². The molecule has 1 aliphatic carbocycles. The Morgan fingerprint density at radius 3 is 2.70 bits per heavy atom. The second kappa shape index (κ2) is 6.27. The molecular formula is C16H24N2O2. The first-order valence-corrected chi connectivity index (χ1v) is 7.23. The summed E-state index contributed by atoms with van der Waals surface area (Å²) in [5.41, 5.74) is 6.85. The van der Waals surface area contributed by atoms with Gasteiger partial charge in [0.15, 0.2) is 0 Å². The maximum absolute atomic E-state index is 12.3. The Hall–Kier alpha value is -1.55. The Morgan fingerprint density at radius 1 is 1.45 bits per heavy atom. The number of carbonyl (C=O) groups excluding carboxylic acids is 1. The summed E-state index contributed by atoms with van der Waals surface area (Å²) < 4.78 is 5.12. The number of nitrogens with one attached hydrogen (secondary N) is 1. The summed E-state index contributed by atoms with van der Waals surface area (Å²) in [7, 11) is 1.65. The predicted octanol–water partition coefficient (Wildman–Crippen LogP) is 1.87. The SMILES string of the molecule is COc1ccc(CCNC(=O)C2(C)CCCC2N)cc1. The zero-order valence-electron chi connectivity index (χ0n) is 12.3. The van der Waals surface area contributed by atoms with Crippen LogP contribution < -0.4 is 15.8 Å². The normalized spacial score (nSPS) is 25.4. The molecule has 20 heavy (non-hydrogen) atoms. The Kier molecular flexibility index (Phi) is 4.65. The summed E-state index contributed by atoms with van der Waals surface area (Å²) in [6.45, 7) is 2.63. The third kappa shape index (κ3) is 3.12. The van der Waals surface area contributed by atoms with Crippen molar-refractivity contribution in [1.29, 1.82) is 0 Å². The number of amides is 1. The van der Waals surface area contributed by atoms with Crippen LogP contribution in [-0.2, 0) is 11.2 Å². The number of hydrogen-bond acceptors (Lipinski definition) is 3. The van der Waals surface area contributed by atoms with Crippen LogP contribution in [-0.4, -0.2) is 25.6 Å². The van der Waals surface area contributed by atoms with Crippen molar-refractivity contribution in [3.63, 3.8) is 0 Å². The average Bonchev–Trinajstić information content (AvgIpc) is 2.80. The van der Waals surface area contributed by atoms with E-state index in [1.54, 1.807) is 7.11 Å². The number of rotatable bonds is 5. The summed E-state index contributed by atoms with van der Waals surface area (Å²) in [5, 5.41) is 3.02. The van der Waals surface area contributed by atoms with Crippen LogP contribution in [0.1, 0.15) is 31.7 Å². The molecule has 3 N–H and O–H groups in total. The number of ether oxygens (including phenoxy) is 1. The lowest BCUT2D eigenvalue weighted by atomic mass is 9.84. The van der Waals surface area contributed by atoms with E-state index in [0.717, 1.165) is 31.4 Å². The highest BCUT2D eigenvalue weighted by Crippen LogP contribution is 2.36. The summed E-state index contributed by atoms with van der Waals surface area (Å²) in [6, 6.07) is 7.90. The van der Waals surface area contributed by atoms with Crippen molar-refractivity contribution in [2.24, 2.45) is 11.1 Å². The van der Waals surface area contributed by atoms with Crippen LogP contribution >= 0.6 is 0 Å². The zero-order valence-corrected chi connectivity index (χ0v) is 12.3. The molecule has 1 amide bonds. The van der Waals surface area contributed by atoms with Gasteiger partial charge in [-0.3, -0.25) is 4.79 Å². The molecule has 0 aromatic heterocycles. The van der Waals surface area contributed by atoms with Crippen LogP contribution in [0.4, 0.5) is 0 Å². The molecule has 4 nitrogen and oxygen atoms in total. The van der Waals surface area contributed by atoms with Crippen molar-refractivity contribution in [3.8, 4) is 5.75 Å². The minimum atomic E-state index is -0.389. The van der Waals surface area contributed by atoms with E-state index in [2.05, 4.69) is 5.32 Å². The third-order valence-corrected chi connectivity index (χ3v) is 4.41. The lowest BCUT2D eigenvalue weighted by Crippen LogP contribution is -2.47. The molecular weight excluding hydrogens is 252 g/mol. The summed E-state index contributed by atoms with van der Waals surface area (Å²) >= 11 is 0. The topological polar surface area (TPSA) is 64.3 Å². The molecule has 0 heterocycles. The highest BCUT2D eigenvalue weighted by molar-refractivity contribution is 5.83. The monoisotopic (exact) mass is 276 g/mol. The molecule has 0 spiro atoms. The van der Waals surface area contributed by atoms with Gasteiger partial charge < -0.3 is 15.8 Å². The lowest BCUT2D eigenvalue weighted by molar-refractivity contribution is -0.130. The van der Waals surface area contributed by atoms with Crippen molar-refractivity contribution in [3.05, 3.63) is 29.8 Å². The first-order valence-electron chi connectivity index (χ1n) is 7.23. The van der Waals surface area contributed by atoms with Crippen molar-refractivity contribution in [2.45, 2.75) is 38.6 Å². The molecule has 4 heteroatoms. The number of benzene rings is 1. The first kappa shape index (κ1) is 14.9. The predicted molar refractivity (Wildman–Crippen MR) is 79.6 cm³/mol. The fourth-order valence-corrected chi connectivity index (χ4v) is 2.79. The number of hydrogen-bond donors (Lipinski definition) is 2. The standard InChI is InChI=1S/C16H24N2O2/c1-16(10-3-4-14(16)17)15(19)18-11-9-12-5-7-13(20-2)8-6-12/h5-8,14H,3-4,9-11,17H2,1-2H3,(H,18,19). The summed E-state index contributed by atoms with van der Waals surface area (Å²) in [4.78, 5) is 12.3. The third-order valence-electron chi connectivity index (χ3n) is 4.41. The Bertz CT molecular complexity index is 458. The fraction of sp³-hybridized carbons (Fsp3) is 0.562. The van der Waals surface area contributed by atoms with E-state index in [1.165, 1.54) is 5.56 Å². The highest BCUT2D eigenvalue weighted by Gasteiger charge is 2.42. The van der Waals surface area contributed by atoms with Crippen molar-refractivity contribution in [1.82, 2.24) is 5.32 Å². The number of carbonyl (C=O) groups is 1. The van der Waals surface area contributed by atoms with Gasteiger partial charge in [-0.2, -0.15) is 0 Å². The molecule has 110 valence electrons. The van der Waals surface area contributed by atoms with Crippen LogP contribution in [0.5, 0.6) is 5.75 Å². The Labute approximate surface area is 120 Å². The maximum Gasteiger partial charge on any atom is 0.227 e. The van der Waals surface area contributed by atoms with Gasteiger partial charge >= 0.3 is 0 Å². The largest absolute Gasteiger partial charge is 0.497 e. The molecule has 0 bridgehead atoms. The Balaban J connectivity index is 1.81. The van der Waals surface area contributed by atoms with Gasteiger partial charge in [-0.1, -0.05) is 18.6 Å². The highest BCUT2D eigenvalue weighted by atomic mass is 16.5. The zero-order chi connectivity index (χ0) is 14.6. The van der Waals surface area contributed by atoms with E-state index >= 15 is 0 Å². The van der Waals surface area contributed by atoms with Gasteiger partial charge in [-0.05, 0) is 43.9 Å². The molecule has 2 unspecified atom stereocenters. The Morgan fingerprint density at radius 2 is 2.15 bits per heavy atom. The maximum atomic E-state index is 12.3. The molecule has 0 radical (unpaired) electrons. The second-order valence-electron chi connectivity index (χ2n) is 5.77. The quantitative estimate of drug-likeness (QED) is 0.863. The smallest absolute Gasteiger partial charge is 0.227 e. The summed E-state index contributed by atoms with van der Waals surface area (Å²) in [6.07, 6.45) is 3.70. The van der Waals surface area contributed by atoms with Gasteiger partial charge in [0.25, 0.3) is 0 Å². The van der Waals surface area contributed by atoms with Gasteiger partial charge in [-0.25, -0.2) is 0 Å². The molecule has 1 fully saturated rings. The van der Waals surface area contributed by atoms with Crippen molar-refractivity contribution < 1.29 is 9.53 Å². The van der Waals surface area contributed by atoms with E-state index in [-0.39, 0.29) is 17.4 Å². The van der Waals surface area contributed by atoms with Gasteiger partial charge in [0.2, 0.25) is 5.91 Å². The number of methoxy groups -OCH3 is 1. The van der Waals surface area contributed by atoms with Crippen LogP contribution in [0.3, 0.4) is 0 Å². The molecule has 1 aromatic rings. The number of nitrogens with two attached hydrogens (primary N) is 1. The van der Waals surface area contributed by atoms with Crippen LogP contribution in [0.15, 0.2) is 24.3 Å². The average molecular weight is 276 g/mol. The van der Waals surface area contributed by atoms with Gasteiger partial charge in [0, 0.05) is 12.6 Å². The van der Waals surface area contributed by atoms with E-state index in [1.807, 2.05) is 31.2 Å². The lowest BCUT2D eigenvalue weighted by Gasteiger charge is -2.27. The fourth-order valence-electron chi connectivity index (χ4n) is 2.79. The minimum absolute atomic E-state index is 0.0107. The van der Waals surface area contributed by atoms with Crippen LogP contribution in [0, 0.1) is 5.41 Å². The van der Waals surface area contributed by atoms with Gasteiger partial charge in [0.1, 0.15) is 5.75 Å². The molecule has 1 aliphatic rings. The first-order chi connectivity index (χ1) is 9.56. The van der Waals surface area contributed by atoms with E-state index in [4.69, 9.17) is 10.5 Å². The second-order valence-corrected chi connectivity index (χ2v) is 5.77. The molecule has 2 rings (SSSR count). The van der Waals surface area contributed by atoms with Gasteiger partial charge in [0.05, 0.1) is 12.5 Å².